The maximum Gasteiger partial charge on any atom is 0.408 e. The summed E-state index contributed by atoms with van der Waals surface area (Å²) in [6.07, 6.45) is -5.22. The highest BCUT2D eigenvalue weighted by atomic mass is 32.2. The SMILES string of the molecule is COC(=O)C(CSCC(F)(F)F)NC(=O)OC(C)(C)C. The normalized spacial score (nSPS) is 13.6. The molecule has 20 heavy (non-hydrogen) atoms. The van der Waals surface area contributed by atoms with Crippen molar-refractivity contribution in [2.24, 2.45) is 0 Å². The summed E-state index contributed by atoms with van der Waals surface area (Å²) in [5.41, 5.74) is -0.774. The van der Waals surface area contributed by atoms with Crippen molar-refractivity contribution >= 4 is 23.8 Å². The van der Waals surface area contributed by atoms with Crippen molar-refractivity contribution in [1.82, 2.24) is 5.32 Å². The molecule has 0 rings (SSSR count). The van der Waals surface area contributed by atoms with Crippen LogP contribution in [0.2, 0.25) is 0 Å². The number of esters is 1. The minimum Gasteiger partial charge on any atom is -0.467 e. The lowest BCUT2D eigenvalue weighted by Crippen LogP contribution is -2.45. The van der Waals surface area contributed by atoms with Crippen LogP contribution in [-0.2, 0) is 14.3 Å². The predicted octanol–water partition coefficient (Wildman–Crippen LogP) is 2.35. The number of methoxy groups -OCH3 is 1. The third-order valence-corrected chi connectivity index (χ3v) is 2.83. The number of carbonyl (C=O) groups is 2. The molecule has 0 heterocycles. The van der Waals surface area contributed by atoms with Crippen LogP contribution < -0.4 is 5.32 Å². The average Bonchev–Trinajstić information content (AvgIpc) is 2.22. The summed E-state index contributed by atoms with van der Waals surface area (Å²) in [7, 11) is 1.08. The van der Waals surface area contributed by atoms with E-state index in [1.54, 1.807) is 20.8 Å². The van der Waals surface area contributed by atoms with E-state index in [-0.39, 0.29) is 5.75 Å². The number of halogens is 3. The van der Waals surface area contributed by atoms with Gasteiger partial charge in [0, 0.05) is 5.75 Å². The first kappa shape index (κ1) is 18.9. The van der Waals surface area contributed by atoms with Crippen LogP contribution in [0, 0.1) is 0 Å². The second kappa shape index (κ2) is 7.61. The zero-order chi connectivity index (χ0) is 16.0. The van der Waals surface area contributed by atoms with E-state index in [9.17, 15) is 22.8 Å². The van der Waals surface area contributed by atoms with Gasteiger partial charge in [0.1, 0.15) is 11.6 Å². The summed E-state index contributed by atoms with van der Waals surface area (Å²) in [5.74, 6) is -2.20. The lowest BCUT2D eigenvalue weighted by molar-refractivity contribution is -0.142. The number of ether oxygens (including phenoxy) is 2. The molecule has 1 amide bonds. The second-order valence-corrected chi connectivity index (χ2v) is 5.88. The maximum absolute atomic E-state index is 12.0. The summed E-state index contributed by atoms with van der Waals surface area (Å²) < 4.78 is 45.4. The van der Waals surface area contributed by atoms with E-state index in [2.05, 4.69) is 10.1 Å². The molecular weight excluding hydrogens is 299 g/mol. The fraction of sp³-hybridized carbons (Fsp3) is 0.818. The molecule has 0 aromatic heterocycles. The van der Waals surface area contributed by atoms with E-state index in [4.69, 9.17) is 4.74 Å². The Labute approximate surface area is 119 Å². The van der Waals surface area contributed by atoms with Gasteiger partial charge in [-0.15, -0.1) is 11.8 Å². The van der Waals surface area contributed by atoms with Gasteiger partial charge in [-0.2, -0.15) is 13.2 Å². The molecule has 0 bridgehead atoms. The van der Waals surface area contributed by atoms with E-state index in [1.165, 1.54) is 0 Å². The number of amides is 1. The van der Waals surface area contributed by atoms with E-state index < -0.39 is 35.6 Å². The molecule has 0 aliphatic heterocycles. The Morgan fingerprint density at radius 1 is 1.25 bits per heavy atom. The fourth-order valence-corrected chi connectivity index (χ4v) is 1.86. The molecule has 118 valence electrons. The largest absolute Gasteiger partial charge is 0.467 e. The summed E-state index contributed by atoms with van der Waals surface area (Å²) >= 11 is 0.476. The van der Waals surface area contributed by atoms with Crippen LogP contribution in [-0.4, -0.2) is 48.5 Å². The molecule has 1 unspecified atom stereocenters. The molecule has 1 atom stereocenters. The maximum atomic E-state index is 12.0. The third-order valence-electron chi connectivity index (χ3n) is 1.73. The summed E-state index contributed by atoms with van der Waals surface area (Å²) in [6.45, 7) is 4.87. The Kier molecular flexibility index (Phi) is 7.18. The molecule has 0 aromatic carbocycles. The van der Waals surface area contributed by atoms with Crippen molar-refractivity contribution in [2.75, 3.05) is 18.6 Å². The topological polar surface area (TPSA) is 64.6 Å². The molecule has 0 saturated heterocycles. The van der Waals surface area contributed by atoms with E-state index >= 15 is 0 Å². The predicted molar refractivity (Wildman–Crippen MR) is 68.6 cm³/mol. The van der Waals surface area contributed by atoms with Crippen LogP contribution in [0.1, 0.15) is 20.8 Å². The van der Waals surface area contributed by atoms with Crippen LogP contribution in [0.15, 0.2) is 0 Å². The third kappa shape index (κ3) is 9.76. The van der Waals surface area contributed by atoms with Crippen LogP contribution >= 0.6 is 11.8 Å². The Bertz CT molecular complexity index is 342. The van der Waals surface area contributed by atoms with E-state index in [0.717, 1.165) is 7.11 Å². The highest BCUT2D eigenvalue weighted by molar-refractivity contribution is 7.99. The fourth-order valence-electron chi connectivity index (χ4n) is 1.05. The number of alkyl carbamates (subject to hydrolysis) is 1. The first-order valence-corrected chi connectivity index (χ1v) is 6.82. The van der Waals surface area contributed by atoms with Crippen molar-refractivity contribution in [3.63, 3.8) is 0 Å². The van der Waals surface area contributed by atoms with Gasteiger partial charge in [0.25, 0.3) is 0 Å². The monoisotopic (exact) mass is 317 g/mol. The molecule has 0 radical (unpaired) electrons. The number of nitrogens with one attached hydrogen (secondary N) is 1. The van der Waals surface area contributed by atoms with Gasteiger partial charge < -0.3 is 14.8 Å². The first-order valence-electron chi connectivity index (χ1n) is 5.66. The summed E-state index contributed by atoms with van der Waals surface area (Å²) in [5, 5.41) is 2.19. The summed E-state index contributed by atoms with van der Waals surface area (Å²) in [4.78, 5) is 22.9. The number of hydrogen-bond acceptors (Lipinski definition) is 5. The van der Waals surface area contributed by atoms with Gasteiger partial charge in [0.15, 0.2) is 0 Å². The molecule has 1 N–H and O–H groups in total. The van der Waals surface area contributed by atoms with Crippen LogP contribution in [0.25, 0.3) is 0 Å². The van der Waals surface area contributed by atoms with Crippen LogP contribution in [0.5, 0.6) is 0 Å². The molecule has 0 aromatic rings. The molecule has 0 spiro atoms. The molecule has 0 fully saturated rings. The Balaban J connectivity index is 4.43. The van der Waals surface area contributed by atoms with Crippen molar-refractivity contribution < 1.29 is 32.2 Å². The van der Waals surface area contributed by atoms with Gasteiger partial charge in [-0.05, 0) is 20.8 Å². The Morgan fingerprint density at radius 3 is 2.20 bits per heavy atom. The highest BCUT2D eigenvalue weighted by Gasteiger charge is 2.30. The number of hydrogen-bond donors (Lipinski definition) is 1. The van der Waals surface area contributed by atoms with Gasteiger partial charge in [0.2, 0.25) is 0 Å². The minimum absolute atomic E-state index is 0.259. The van der Waals surface area contributed by atoms with Crippen LogP contribution in [0.4, 0.5) is 18.0 Å². The molecule has 0 aliphatic rings. The lowest BCUT2D eigenvalue weighted by Gasteiger charge is -2.22. The zero-order valence-electron chi connectivity index (χ0n) is 11.7. The highest BCUT2D eigenvalue weighted by Crippen LogP contribution is 2.21. The van der Waals surface area contributed by atoms with Gasteiger partial charge in [-0.3, -0.25) is 0 Å². The van der Waals surface area contributed by atoms with Crippen molar-refractivity contribution in [3.05, 3.63) is 0 Å². The first-order chi connectivity index (χ1) is 8.94. The number of thioether (sulfide) groups is 1. The van der Waals surface area contributed by atoms with Gasteiger partial charge in [-0.1, -0.05) is 0 Å². The quantitative estimate of drug-likeness (QED) is 0.789. The lowest BCUT2D eigenvalue weighted by atomic mass is 10.2. The standard InChI is InChI=1S/C11H18F3NO4S/c1-10(2,3)19-9(17)15-7(8(16)18-4)5-20-6-11(12,13)14/h7H,5-6H2,1-4H3,(H,15,17). The average molecular weight is 317 g/mol. The number of rotatable bonds is 5. The van der Waals surface area contributed by atoms with Crippen LogP contribution in [0.3, 0.4) is 0 Å². The molecule has 5 nitrogen and oxygen atoms in total. The van der Waals surface area contributed by atoms with Gasteiger partial charge in [-0.25, -0.2) is 9.59 Å². The number of carbonyl (C=O) groups excluding carboxylic acids is 2. The smallest absolute Gasteiger partial charge is 0.408 e. The van der Waals surface area contributed by atoms with Crippen molar-refractivity contribution in [3.8, 4) is 0 Å². The minimum atomic E-state index is -4.34. The van der Waals surface area contributed by atoms with Gasteiger partial charge >= 0.3 is 18.2 Å². The van der Waals surface area contributed by atoms with Gasteiger partial charge in [0.05, 0.1) is 12.9 Å². The molecular formula is C11H18F3NO4S. The van der Waals surface area contributed by atoms with Crippen molar-refractivity contribution in [2.45, 2.75) is 38.6 Å². The molecule has 9 heteroatoms. The molecule has 0 aliphatic carbocycles. The number of alkyl halides is 3. The Morgan fingerprint density at radius 2 is 1.80 bits per heavy atom. The molecule has 0 saturated carbocycles. The van der Waals surface area contributed by atoms with E-state index in [0.29, 0.717) is 11.8 Å². The zero-order valence-corrected chi connectivity index (χ0v) is 12.5. The van der Waals surface area contributed by atoms with Crippen molar-refractivity contribution in [1.29, 1.82) is 0 Å². The summed E-state index contributed by atoms with van der Waals surface area (Å²) in [6, 6.07) is -1.19. The van der Waals surface area contributed by atoms with E-state index in [1.807, 2.05) is 0 Å². The second-order valence-electron chi connectivity index (χ2n) is 4.85. The Hall–Kier alpha value is -1.12.